The standard InChI is InChI=1S/C21H26N4O2/c1-23-18(14-17-6-3-2-4-7-17)15-21(20(23)27)8-12-24(13-9-21)19(26)16-25-11-5-10-22-25/h2-7,10-11,18H,8-9,12-16H2,1H3/t18-/m1/s1. The highest BCUT2D eigenvalue weighted by atomic mass is 16.2. The van der Waals surface area contributed by atoms with Gasteiger partial charge in [0, 0.05) is 38.6 Å². The summed E-state index contributed by atoms with van der Waals surface area (Å²) in [7, 11) is 1.93. The molecule has 0 bridgehead atoms. The van der Waals surface area contributed by atoms with E-state index in [9.17, 15) is 9.59 Å². The smallest absolute Gasteiger partial charge is 0.244 e. The maximum Gasteiger partial charge on any atom is 0.244 e. The van der Waals surface area contributed by atoms with Crippen LogP contribution in [-0.4, -0.2) is 57.6 Å². The highest BCUT2D eigenvalue weighted by Crippen LogP contribution is 2.44. The van der Waals surface area contributed by atoms with Crippen LogP contribution in [0.25, 0.3) is 0 Å². The van der Waals surface area contributed by atoms with Crippen molar-refractivity contribution in [3.8, 4) is 0 Å². The minimum absolute atomic E-state index is 0.0770. The van der Waals surface area contributed by atoms with Crippen molar-refractivity contribution >= 4 is 11.8 Å². The van der Waals surface area contributed by atoms with Crippen molar-refractivity contribution in [2.45, 2.75) is 38.3 Å². The first-order valence-electron chi connectivity index (χ1n) is 9.64. The van der Waals surface area contributed by atoms with Gasteiger partial charge in [0.1, 0.15) is 6.54 Å². The van der Waals surface area contributed by atoms with E-state index in [1.54, 1.807) is 17.1 Å². The van der Waals surface area contributed by atoms with Gasteiger partial charge < -0.3 is 9.80 Å². The number of hydrogen-bond acceptors (Lipinski definition) is 3. The van der Waals surface area contributed by atoms with E-state index in [1.807, 2.05) is 41.1 Å². The monoisotopic (exact) mass is 366 g/mol. The third kappa shape index (κ3) is 3.48. The van der Waals surface area contributed by atoms with Crippen molar-refractivity contribution in [3.63, 3.8) is 0 Å². The second-order valence-corrected chi connectivity index (χ2v) is 7.83. The van der Waals surface area contributed by atoms with Crippen molar-refractivity contribution in [2.24, 2.45) is 5.41 Å². The molecule has 0 aliphatic carbocycles. The lowest BCUT2D eigenvalue weighted by Crippen LogP contribution is -2.47. The van der Waals surface area contributed by atoms with Crippen molar-refractivity contribution in [2.75, 3.05) is 20.1 Å². The molecule has 2 aliphatic rings. The van der Waals surface area contributed by atoms with Gasteiger partial charge in [0.2, 0.25) is 11.8 Å². The molecule has 4 rings (SSSR count). The average Bonchev–Trinajstić information content (AvgIpc) is 3.27. The Labute approximate surface area is 159 Å². The summed E-state index contributed by atoms with van der Waals surface area (Å²) in [5, 5.41) is 4.10. The predicted molar refractivity (Wildman–Crippen MR) is 102 cm³/mol. The molecule has 1 atom stereocenters. The van der Waals surface area contributed by atoms with E-state index < -0.39 is 0 Å². The molecule has 2 amide bonds. The van der Waals surface area contributed by atoms with Crippen LogP contribution < -0.4 is 0 Å². The zero-order valence-corrected chi connectivity index (χ0v) is 15.8. The van der Waals surface area contributed by atoms with Gasteiger partial charge in [0.15, 0.2) is 0 Å². The third-order valence-corrected chi connectivity index (χ3v) is 6.19. The van der Waals surface area contributed by atoms with Crippen LogP contribution in [0.3, 0.4) is 0 Å². The molecule has 142 valence electrons. The van der Waals surface area contributed by atoms with Gasteiger partial charge in [-0.3, -0.25) is 14.3 Å². The van der Waals surface area contributed by atoms with Crippen LogP contribution >= 0.6 is 0 Å². The van der Waals surface area contributed by atoms with E-state index in [4.69, 9.17) is 0 Å². The first kappa shape index (κ1) is 17.8. The Morgan fingerprint density at radius 1 is 1.19 bits per heavy atom. The van der Waals surface area contributed by atoms with Gasteiger partial charge >= 0.3 is 0 Å². The molecule has 0 N–H and O–H groups in total. The fourth-order valence-electron chi connectivity index (χ4n) is 4.55. The molecule has 27 heavy (non-hydrogen) atoms. The molecule has 6 heteroatoms. The van der Waals surface area contributed by atoms with E-state index in [1.165, 1.54) is 5.56 Å². The molecule has 1 spiro atoms. The highest BCUT2D eigenvalue weighted by molar-refractivity contribution is 5.86. The van der Waals surface area contributed by atoms with Gasteiger partial charge in [0.25, 0.3) is 0 Å². The fourth-order valence-corrected chi connectivity index (χ4v) is 4.55. The maximum absolute atomic E-state index is 13.0. The van der Waals surface area contributed by atoms with Gasteiger partial charge in [-0.05, 0) is 37.3 Å². The number of likely N-dealkylation sites (N-methyl/N-ethyl adjacent to an activating group) is 1. The molecule has 2 saturated heterocycles. The van der Waals surface area contributed by atoms with E-state index >= 15 is 0 Å². The SMILES string of the molecule is CN1C(=O)C2(CCN(C(=O)Cn3cccn3)CC2)C[C@H]1Cc1ccccc1. The molecule has 6 nitrogen and oxygen atoms in total. The molecule has 2 aromatic rings. The molecule has 3 heterocycles. The van der Waals surface area contributed by atoms with Crippen LogP contribution in [0.1, 0.15) is 24.8 Å². The summed E-state index contributed by atoms with van der Waals surface area (Å²) in [6.45, 7) is 1.57. The highest BCUT2D eigenvalue weighted by Gasteiger charge is 2.51. The summed E-state index contributed by atoms with van der Waals surface area (Å²) < 4.78 is 1.65. The summed E-state index contributed by atoms with van der Waals surface area (Å²) in [4.78, 5) is 29.3. The number of carbonyl (C=O) groups excluding carboxylic acids is 2. The molecule has 0 radical (unpaired) electrons. The molecule has 0 unspecified atom stereocenters. The number of carbonyl (C=O) groups is 2. The second-order valence-electron chi connectivity index (χ2n) is 7.83. The first-order valence-corrected chi connectivity index (χ1v) is 9.64. The lowest BCUT2D eigenvalue weighted by atomic mass is 9.75. The summed E-state index contributed by atoms with van der Waals surface area (Å²) >= 11 is 0. The van der Waals surface area contributed by atoms with E-state index in [0.29, 0.717) is 13.1 Å². The van der Waals surface area contributed by atoms with Gasteiger partial charge in [-0.15, -0.1) is 0 Å². The van der Waals surface area contributed by atoms with Crippen LogP contribution in [0, 0.1) is 5.41 Å². The third-order valence-electron chi connectivity index (χ3n) is 6.19. The van der Waals surface area contributed by atoms with E-state index in [0.717, 1.165) is 25.7 Å². The first-order chi connectivity index (χ1) is 13.1. The number of piperidine rings is 1. The van der Waals surface area contributed by atoms with Crippen molar-refractivity contribution in [3.05, 3.63) is 54.4 Å². The average molecular weight is 366 g/mol. The number of rotatable bonds is 4. The number of benzene rings is 1. The predicted octanol–water partition coefficient (Wildman–Crippen LogP) is 1.97. The largest absolute Gasteiger partial charge is 0.342 e. The molecule has 2 fully saturated rings. The van der Waals surface area contributed by atoms with Gasteiger partial charge in [0.05, 0.1) is 5.41 Å². The minimum atomic E-state index is -0.295. The van der Waals surface area contributed by atoms with Crippen LogP contribution in [0.4, 0.5) is 0 Å². The lowest BCUT2D eigenvalue weighted by molar-refractivity contribution is -0.142. The molecular weight excluding hydrogens is 340 g/mol. The van der Waals surface area contributed by atoms with Crippen LogP contribution in [0.15, 0.2) is 48.8 Å². The van der Waals surface area contributed by atoms with Crippen LogP contribution in [0.5, 0.6) is 0 Å². The normalized spacial score (nSPS) is 21.8. The Bertz CT molecular complexity index is 795. The Morgan fingerprint density at radius 3 is 2.59 bits per heavy atom. The molecule has 0 saturated carbocycles. The Kier molecular flexibility index (Phi) is 4.72. The fraction of sp³-hybridized carbons (Fsp3) is 0.476. The summed E-state index contributed by atoms with van der Waals surface area (Å²) in [5.74, 6) is 0.329. The quantitative estimate of drug-likeness (QED) is 0.831. The van der Waals surface area contributed by atoms with Gasteiger partial charge in [-0.25, -0.2) is 0 Å². The van der Waals surface area contributed by atoms with Crippen LogP contribution in [0.2, 0.25) is 0 Å². The molecule has 1 aromatic heterocycles. The zero-order valence-electron chi connectivity index (χ0n) is 15.8. The number of likely N-dealkylation sites (tertiary alicyclic amines) is 2. The topological polar surface area (TPSA) is 58.4 Å². The molecule has 1 aromatic carbocycles. The Morgan fingerprint density at radius 2 is 1.93 bits per heavy atom. The Hall–Kier alpha value is -2.63. The zero-order chi connectivity index (χ0) is 18.9. The van der Waals surface area contributed by atoms with E-state index in [2.05, 4.69) is 17.2 Å². The maximum atomic E-state index is 13.0. The number of amides is 2. The molecular formula is C21H26N4O2. The van der Waals surface area contributed by atoms with E-state index in [-0.39, 0.29) is 29.8 Å². The number of hydrogen-bond donors (Lipinski definition) is 0. The van der Waals surface area contributed by atoms with Crippen molar-refractivity contribution in [1.82, 2.24) is 19.6 Å². The Balaban J connectivity index is 1.38. The van der Waals surface area contributed by atoms with Crippen molar-refractivity contribution < 1.29 is 9.59 Å². The number of nitrogens with zero attached hydrogens (tertiary/aromatic N) is 4. The number of aromatic nitrogens is 2. The van der Waals surface area contributed by atoms with Gasteiger partial charge in [-0.2, -0.15) is 5.10 Å². The summed E-state index contributed by atoms with van der Waals surface area (Å²) in [6, 6.07) is 12.4. The van der Waals surface area contributed by atoms with Gasteiger partial charge in [-0.1, -0.05) is 30.3 Å². The minimum Gasteiger partial charge on any atom is -0.342 e. The molecule has 2 aliphatic heterocycles. The van der Waals surface area contributed by atoms with Crippen LogP contribution in [-0.2, 0) is 22.6 Å². The summed E-state index contributed by atoms with van der Waals surface area (Å²) in [6.07, 6.45) is 6.77. The second kappa shape index (κ2) is 7.18. The lowest BCUT2D eigenvalue weighted by Gasteiger charge is -2.37. The van der Waals surface area contributed by atoms with Crippen molar-refractivity contribution in [1.29, 1.82) is 0 Å². The summed E-state index contributed by atoms with van der Waals surface area (Å²) in [5.41, 5.74) is 0.975.